The summed E-state index contributed by atoms with van der Waals surface area (Å²) in [6, 6.07) is 10.8. The maximum atomic E-state index is 11.7. The van der Waals surface area contributed by atoms with E-state index in [0.29, 0.717) is 40.1 Å². The smallest absolute Gasteiger partial charge is 0.259 e. The highest BCUT2D eigenvalue weighted by Crippen LogP contribution is 2.29. The van der Waals surface area contributed by atoms with Crippen LogP contribution in [-0.4, -0.2) is 43.1 Å². The van der Waals surface area contributed by atoms with Crippen LogP contribution in [0.25, 0.3) is 23.3 Å². The third-order valence-corrected chi connectivity index (χ3v) is 4.14. The average Bonchev–Trinajstić information content (AvgIpc) is 3.07. The predicted molar refractivity (Wildman–Crippen MR) is 110 cm³/mol. The standard InChI is InChI=1S/C21H21ClN2O4/c1-4-26-19-11-14(5-8-18(19)27-13-21(25)24(2)3)6-10-20-23-16-12-15(22)7-9-17(16)28-20/h5-12H,4,13H2,1-3H3/b10-6+. The zero-order valence-corrected chi connectivity index (χ0v) is 16.7. The fourth-order valence-electron chi connectivity index (χ4n) is 2.44. The van der Waals surface area contributed by atoms with E-state index < -0.39 is 0 Å². The Morgan fingerprint density at radius 3 is 2.71 bits per heavy atom. The van der Waals surface area contributed by atoms with Crippen molar-refractivity contribution in [2.45, 2.75) is 6.92 Å². The molecule has 0 aliphatic carbocycles. The summed E-state index contributed by atoms with van der Waals surface area (Å²) in [6.07, 6.45) is 3.64. The van der Waals surface area contributed by atoms with Crippen LogP contribution in [0.1, 0.15) is 18.4 Å². The van der Waals surface area contributed by atoms with E-state index in [2.05, 4.69) is 4.98 Å². The van der Waals surface area contributed by atoms with E-state index in [1.807, 2.05) is 25.1 Å². The molecule has 0 unspecified atom stereocenters. The lowest BCUT2D eigenvalue weighted by atomic mass is 10.2. The predicted octanol–water partition coefficient (Wildman–Crippen LogP) is 4.52. The van der Waals surface area contributed by atoms with Gasteiger partial charge in [-0.2, -0.15) is 0 Å². The molecule has 1 heterocycles. The van der Waals surface area contributed by atoms with Crippen LogP contribution in [-0.2, 0) is 4.79 Å². The molecule has 0 atom stereocenters. The molecule has 1 aromatic heterocycles. The number of aromatic nitrogens is 1. The summed E-state index contributed by atoms with van der Waals surface area (Å²) in [5, 5.41) is 0.612. The Labute approximate surface area is 168 Å². The number of oxazole rings is 1. The van der Waals surface area contributed by atoms with Crippen LogP contribution in [0.15, 0.2) is 40.8 Å². The van der Waals surface area contributed by atoms with Gasteiger partial charge in [0.2, 0.25) is 5.89 Å². The Morgan fingerprint density at radius 1 is 1.14 bits per heavy atom. The molecular formula is C21H21ClN2O4. The van der Waals surface area contributed by atoms with Gasteiger partial charge in [0.05, 0.1) is 6.61 Å². The van der Waals surface area contributed by atoms with E-state index in [1.54, 1.807) is 44.4 Å². The van der Waals surface area contributed by atoms with Crippen molar-refractivity contribution in [2.24, 2.45) is 0 Å². The minimum absolute atomic E-state index is 0.0479. The second kappa shape index (κ2) is 8.80. The molecule has 28 heavy (non-hydrogen) atoms. The molecule has 0 aliphatic rings. The van der Waals surface area contributed by atoms with E-state index in [9.17, 15) is 4.79 Å². The first kappa shape index (κ1) is 19.8. The maximum Gasteiger partial charge on any atom is 0.259 e. The van der Waals surface area contributed by atoms with Crippen LogP contribution in [0.4, 0.5) is 0 Å². The van der Waals surface area contributed by atoms with E-state index in [4.69, 9.17) is 25.5 Å². The molecule has 0 aliphatic heterocycles. The second-order valence-corrected chi connectivity index (χ2v) is 6.65. The molecule has 0 saturated carbocycles. The van der Waals surface area contributed by atoms with Crippen molar-refractivity contribution < 1.29 is 18.7 Å². The van der Waals surface area contributed by atoms with Gasteiger partial charge in [-0.3, -0.25) is 4.79 Å². The van der Waals surface area contributed by atoms with Crippen LogP contribution >= 0.6 is 11.6 Å². The number of halogens is 1. The lowest BCUT2D eigenvalue weighted by molar-refractivity contribution is -0.130. The zero-order chi connectivity index (χ0) is 20.1. The SMILES string of the molecule is CCOc1cc(/C=C/c2nc3cc(Cl)ccc3o2)ccc1OCC(=O)N(C)C. The van der Waals surface area contributed by atoms with E-state index in [0.717, 1.165) is 5.56 Å². The van der Waals surface area contributed by atoms with Gasteiger partial charge in [0, 0.05) is 25.2 Å². The molecule has 2 aromatic carbocycles. The van der Waals surface area contributed by atoms with E-state index in [-0.39, 0.29) is 12.5 Å². The minimum atomic E-state index is -0.123. The summed E-state index contributed by atoms with van der Waals surface area (Å²) in [6.45, 7) is 2.32. The molecule has 6 nitrogen and oxygen atoms in total. The van der Waals surface area contributed by atoms with Gasteiger partial charge in [-0.25, -0.2) is 4.98 Å². The summed E-state index contributed by atoms with van der Waals surface area (Å²) >= 11 is 5.98. The highest BCUT2D eigenvalue weighted by Gasteiger charge is 2.10. The number of amides is 1. The third-order valence-electron chi connectivity index (χ3n) is 3.90. The number of fused-ring (bicyclic) bond motifs is 1. The molecule has 146 valence electrons. The van der Waals surface area contributed by atoms with Crippen LogP contribution in [0.5, 0.6) is 11.5 Å². The number of hydrogen-bond acceptors (Lipinski definition) is 5. The van der Waals surface area contributed by atoms with Gasteiger partial charge in [0.1, 0.15) is 5.52 Å². The normalized spacial score (nSPS) is 11.1. The van der Waals surface area contributed by atoms with Crippen LogP contribution in [0, 0.1) is 0 Å². The molecule has 0 bridgehead atoms. The van der Waals surface area contributed by atoms with Crippen molar-refractivity contribution in [3.05, 3.63) is 52.9 Å². The second-order valence-electron chi connectivity index (χ2n) is 6.21. The molecule has 1 amide bonds. The Bertz CT molecular complexity index is 1010. The molecular weight excluding hydrogens is 380 g/mol. The van der Waals surface area contributed by atoms with Gasteiger partial charge in [-0.15, -0.1) is 0 Å². The molecule has 0 fully saturated rings. The van der Waals surface area contributed by atoms with E-state index >= 15 is 0 Å². The van der Waals surface area contributed by atoms with Crippen LogP contribution < -0.4 is 9.47 Å². The summed E-state index contributed by atoms with van der Waals surface area (Å²) in [5.41, 5.74) is 2.26. The first-order valence-corrected chi connectivity index (χ1v) is 9.18. The number of ether oxygens (including phenoxy) is 2. The first-order chi connectivity index (χ1) is 13.5. The highest BCUT2D eigenvalue weighted by atomic mass is 35.5. The van der Waals surface area contributed by atoms with Crippen molar-refractivity contribution in [1.82, 2.24) is 9.88 Å². The molecule has 7 heteroatoms. The number of hydrogen-bond donors (Lipinski definition) is 0. The Hall–Kier alpha value is -2.99. The van der Waals surface area contributed by atoms with Crippen molar-refractivity contribution >= 4 is 40.8 Å². The van der Waals surface area contributed by atoms with Crippen LogP contribution in [0.3, 0.4) is 0 Å². The average molecular weight is 401 g/mol. The topological polar surface area (TPSA) is 64.8 Å². The fourth-order valence-corrected chi connectivity index (χ4v) is 2.61. The molecule has 0 spiro atoms. The highest BCUT2D eigenvalue weighted by molar-refractivity contribution is 6.31. The van der Waals surface area contributed by atoms with Gasteiger partial charge >= 0.3 is 0 Å². The fraction of sp³-hybridized carbons (Fsp3) is 0.238. The van der Waals surface area contributed by atoms with Gasteiger partial charge in [0.15, 0.2) is 23.7 Å². The Balaban J connectivity index is 1.78. The first-order valence-electron chi connectivity index (χ1n) is 8.80. The number of carbonyl (C=O) groups excluding carboxylic acids is 1. The number of rotatable bonds is 7. The Kier molecular flexibility index (Phi) is 6.21. The van der Waals surface area contributed by atoms with Crippen molar-refractivity contribution in [3.63, 3.8) is 0 Å². The lowest BCUT2D eigenvalue weighted by Gasteiger charge is -2.14. The van der Waals surface area contributed by atoms with Crippen molar-refractivity contribution in [2.75, 3.05) is 27.3 Å². The quantitative estimate of drug-likeness (QED) is 0.583. The van der Waals surface area contributed by atoms with Gasteiger partial charge in [-0.1, -0.05) is 17.7 Å². The van der Waals surface area contributed by atoms with Crippen molar-refractivity contribution in [3.8, 4) is 11.5 Å². The summed E-state index contributed by atoms with van der Waals surface area (Å²) in [7, 11) is 3.37. The minimum Gasteiger partial charge on any atom is -0.490 e. The maximum absolute atomic E-state index is 11.7. The lowest BCUT2D eigenvalue weighted by Crippen LogP contribution is -2.27. The summed E-state index contributed by atoms with van der Waals surface area (Å²) in [5.74, 6) is 1.45. The monoisotopic (exact) mass is 400 g/mol. The van der Waals surface area contributed by atoms with E-state index in [1.165, 1.54) is 4.90 Å². The number of benzene rings is 2. The Morgan fingerprint density at radius 2 is 1.96 bits per heavy atom. The van der Waals surface area contributed by atoms with Gasteiger partial charge in [0.25, 0.3) is 5.91 Å². The number of carbonyl (C=O) groups is 1. The van der Waals surface area contributed by atoms with Crippen LogP contribution in [0.2, 0.25) is 5.02 Å². The molecule has 0 saturated heterocycles. The van der Waals surface area contributed by atoms with Gasteiger partial charge < -0.3 is 18.8 Å². The molecule has 3 aromatic rings. The summed E-state index contributed by atoms with van der Waals surface area (Å²) < 4.78 is 16.9. The largest absolute Gasteiger partial charge is 0.490 e. The van der Waals surface area contributed by atoms with Gasteiger partial charge in [-0.05, 0) is 48.9 Å². The summed E-state index contributed by atoms with van der Waals surface area (Å²) in [4.78, 5) is 17.6. The third kappa shape index (κ3) is 4.84. The number of likely N-dealkylation sites (N-methyl/N-ethyl adjacent to an activating group) is 1. The van der Waals surface area contributed by atoms with Crippen molar-refractivity contribution in [1.29, 1.82) is 0 Å². The number of nitrogens with zero attached hydrogens (tertiary/aromatic N) is 2. The zero-order valence-electron chi connectivity index (χ0n) is 15.9. The molecule has 3 rings (SSSR count). The molecule has 0 N–H and O–H groups in total. The molecule has 0 radical (unpaired) electrons.